The van der Waals surface area contributed by atoms with Crippen LogP contribution in [-0.2, 0) is 0 Å². The number of nitrogens with zero attached hydrogens (tertiary/aromatic N) is 1. The number of rotatable bonds is 4. The highest BCUT2D eigenvalue weighted by molar-refractivity contribution is 5.82. The molecule has 0 spiro atoms. The molecule has 1 aromatic heterocycles. The Bertz CT molecular complexity index is 538. The molecule has 1 saturated carbocycles. The average molecular weight is 254 g/mol. The smallest absolute Gasteiger partial charge is 0.0705 e. The van der Waals surface area contributed by atoms with Gasteiger partial charge < -0.3 is 5.32 Å². The van der Waals surface area contributed by atoms with Crippen molar-refractivity contribution in [1.29, 1.82) is 0 Å². The van der Waals surface area contributed by atoms with Crippen molar-refractivity contribution in [3.8, 4) is 0 Å². The predicted molar refractivity (Wildman–Crippen MR) is 80.1 cm³/mol. The highest BCUT2D eigenvalue weighted by Gasteiger charge is 2.21. The van der Waals surface area contributed by atoms with Crippen LogP contribution in [0.1, 0.15) is 43.7 Å². The summed E-state index contributed by atoms with van der Waals surface area (Å²) in [7, 11) is 2.08. The van der Waals surface area contributed by atoms with Gasteiger partial charge in [0.2, 0.25) is 0 Å². The van der Waals surface area contributed by atoms with Crippen molar-refractivity contribution in [3.63, 3.8) is 0 Å². The van der Waals surface area contributed by atoms with Crippen LogP contribution in [0.3, 0.4) is 0 Å². The maximum absolute atomic E-state index is 4.46. The first kappa shape index (κ1) is 12.6. The zero-order chi connectivity index (χ0) is 13.1. The van der Waals surface area contributed by atoms with Gasteiger partial charge in [0.25, 0.3) is 0 Å². The van der Waals surface area contributed by atoms with Crippen molar-refractivity contribution in [2.24, 2.45) is 5.92 Å². The number of benzene rings is 1. The van der Waals surface area contributed by atoms with Crippen LogP contribution in [0, 0.1) is 5.92 Å². The fourth-order valence-corrected chi connectivity index (χ4v) is 3.41. The molecule has 1 heterocycles. The molecule has 0 aliphatic heterocycles. The first-order valence-electron chi connectivity index (χ1n) is 7.39. The van der Waals surface area contributed by atoms with Gasteiger partial charge >= 0.3 is 0 Å². The first-order chi connectivity index (χ1) is 9.38. The number of hydrogen-bond donors (Lipinski definition) is 1. The molecule has 19 heavy (non-hydrogen) atoms. The molecular weight excluding hydrogens is 232 g/mol. The van der Waals surface area contributed by atoms with Crippen molar-refractivity contribution in [2.45, 2.75) is 38.1 Å². The molecule has 1 unspecified atom stereocenters. The lowest BCUT2D eigenvalue weighted by Gasteiger charge is -2.21. The second-order valence-corrected chi connectivity index (χ2v) is 5.64. The summed E-state index contributed by atoms with van der Waals surface area (Å²) in [4.78, 5) is 4.46. The van der Waals surface area contributed by atoms with E-state index >= 15 is 0 Å². The van der Waals surface area contributed by atoms with Crippen LogP contribution in [0.25, 0.3) is 10.9 Å². The quantitative estimate of drug-likeness (QED) is 0.889. The fourth-order valence-electron chi connectivity index (χ4n) is 3.41. The molecule has 1 aliphatic carbocycles. The Morgan fingerprint density at radius 2 is 2.05 bits per heavy atom. The van der Waals surface area contributed by atoms with Gasteiger partial charge in [0.05, 0.1) is 5.52 Å². The fraction of sp³-hybridized carbons (Fsp3) is 0.471. The highest BCUT2D eigenvalue weighted by Crippen LogP contribution is 2.34. The zero-order valence-corrected chi connectivity index (χ0v) is 11.6. The summed E-state index contributed by atoms with van der Waals surface area (Å²) in [5.74, 6) is 0.893. The molecular formula is C17H22N2. The third-order valence-corrected chi connectivity index (χ3v) is 4.45. The summed E-state index contributed by atoms with van der Waals surface area (Å²) >= 11 is 0. The van der Waals surface area contributed by atoms with Gasteiger partial charge in [-0.3, -0.25) is 4.98 Å². The Labute approximate surface area is 115 Å². The molecule has 0 radical (unpaired) electrons. The standard InChI is InChI=1S/C17H22N2/c1-18-17(12-13-6-2-3-7-13)15-8-4-10-16-14(15)9-5-11-19-16/h4-5,8-11,13,17-18H,2-3,6-7,12H2,1H3. The molecule has 3 rings (SSSR count). The molecule has 0 amide bonds. The largest absolute Gasteiger partial charge is 0.313 e. The number of nitrogens with one attached hydrogen (secondary N) is 1. The lowest BCUT2D eigenvalue weighted by atomic mass is 9.91. The first-order valence-corrected chi connectivity index (χ1v) is 7.39. The van der Waals surface area contributed by atoms with Gasteiger partial charge in [0.1, 0.15) is 0 Å². The average Bonchev–Trinajstić information content (AvgIpc) is 2.97. The Balaban J connectivity index is 1.91. The lowest BCUT2D eigenvalue weighted by molar-refractivity contribution is 0.415. The predicted octanol–water partition coefficient (Wildman–Crippen LogP) is 4.08. The topological polar surface area (TPSA) is 24.9 Å². The SMILES string of the molecule is CNC(CC1CCCC1)c1cccc2ncccc12. The van der Waals surface area contributed by atoms with E-state index in [4.69, 9.17) is 0 Å². The van der Waals surface area contributed by atoms with E-state index in [1.807, 2.05) is 12.3 Å². The maximum Gasteiger partial charge on any atom is 0.0705 e. The van der Waals surface area contributed by atoms with Crippen molar-refractivity contribution in [1.82, 2.24) is 10.3 Å². The van der Waals surface area contributed by atoms with Crippen molar-refractivity contribution < 1.29 is 0 Å². The highest BCUT2D eigenvalue weighted by atomic mass is 14.9. The summed E-state index contributed by atoms with van der Waals surface area (Å²) in [6.07, 6.45) is 8.76. The Hall–Kier alpha value is -1.41. The molecule has 1 fully saturated rings. The van der Waals surface area contributed by atoms with Crippen LogP contribution in [0.4, 0.5) is 0 Å². The van der Waals surface area contributed by atoms with Gasteiger partial charge in [-0.05, 0) is 37.1 Å². The number of fused-ring (bicyclic) bond motifs is 1. The number of hydrogen-bond acceptors (Lipinski definition) is 2. The van der Waals surface area contributed by atoms with E-state index in [0.717, 1.165) is 11.4 Å². The van der Waals surface area contributed by atoms with E-state index in [-0.39, 0.29) is 0 Å². The minimum absolute atomic E-state index is 0.455. The Morgan fingerprint density at radius 3 is 2.84 bits per heavy atom. The van der Waals surface area contributed by atoms with E-state index in [9.17, 15) is 0 Å². The van der Waals surface area contributed by atoms with Crippen LogP contribution >= 0.6 is 0 Å². The molecule has 0 saturated heterocycles. The van der Waals surface area contributed by atoms with Crippen LogP contribution in [-0.4, -0.2) is 12.0 Å². The molecule has 1 N–H and O–H groups in total. The van der Waals surface area contributed by atoms with E-state index in [2.05, 4.69) is 41.6 Å². The minimum atomic E-state index is 0.455. The maximum atomic E-state index is 4.46. The Morgan fingerprint density at radius 1 is 1.21 bits per heavy atom. The van der Waals surface area contributed by atoms with Gasteiger partial charge in [-0.15, -0.1) is 0 Å². The normalized spacial score (nSPS) is 17.9. The van der Waals surface area contributed by atoms with Crippen LogP contribution in [0.15, 0.2) is 36.5 Å². The van der Waals surface area contributed by atoms with Crippen LogP contribution in [0.5, 0.6) is 0 Å². The van der Waals surface area contributed by atoms with Crippen molar-refractivity contribution in [3.05, 3.63) is 42.1 Å². The monoisotopic (exact) mass is 254 g/mol. The third-order valence-electron chi connectivity index (χ3n) is 4.45. The van der Waals surface area contributed by atoms with Crippen LogP contribution < -0.4 is 5.32 Å². The summed E-state index contributed by atoms with van der Waals surface area (Å²) in [5, 5.41) is 4.80. The molecule has 1 atom stereocenters. The molecule has 2 heteroatoms. The van der Waals surface area contributed by atoms with Gasteiger partial charge in [-0.1, -0.05) is 43.9 Å². The number of aromatic nitrogens is 1. The van der Waals surface area contributed by atoms with Gasteiger partial charge in [0, 0.05) is 17.6 Å². The van der Waals surface area contributed by atoms with E-state index in [0.29, 0.717) is 6.04 Å². The molecule has 2 aromatic rings. The summed E-state index contributed by atoms with van der Waals surface area (Å²) < 4.78 is 0. The van der Waals surface area contributed by atoms with Gasteiger partial charge in [0.15, 0.2) is 0 Å². The molecule has 1 aliphatic rings. The van der Waals surface area contributed by atoms with Crippen molar-refractivity contribution >= 4 is 10.9 Å². The molecule has 1 aromatic carbocycles. The summed E-state index contributed by atoms with van der Waals surface area (Å²) in [6.45, 7) is 0. The molecule has 2 nitrogen and oxygen atoms in total. The van der Waals surface area contributed by atoms with Crippen molar-refractivity contribution in [2.75, 3.05) is 7.05 Å². The second-order valence-electron chi connectivity index (χ2n) is 5.64. The van der Waals surface area contributed by atoms with Gasteiger partial charge in [-0.2, -0.15) is 0 Å². The number of pyridine rings is 1. The van der Waals surface area contributed by atoms with Gasteiger partial charge in [-0.25, -0.2) is 0 Å². The van der Waals surface area contributed by atoms with Crippen LogP contribution in [0.2, 0.25) is 0 Å². The second kappa shape index (κ2) is 5.70. The van der Waals surface area contributed by atoms with E-state index in [1.165, 1.54) is 43.1 Å². The van der Waals surface area contributed by atoms with E-state index in [1.54, 1.807) is 0 Å². The molecule has 100 valence electrons. The third kappa shape index (κ3) is 2.64. The minimum Gasteiger partial charge on any atom is -0.313 e. The van der Waals surface area contributed by atoms with E-state index < -0.39 is 0 Å². The Kier molecular flexibility index (Phi) is 3.79. The summed E-state index contributed by atoms with van der Waals surface area (Å²) in [5.41, 5.74) is 2.51. The lowest BCUT2D eigenvalue weighted by Crippen LogP contribution is -2.19. The summed E-state index contributed by atoms with van der Waals surface area (Å²) in [6, 6.07) is 11.2. The zero-order valence-electron chi connectivity index (χ0n) is 11.6. The molecule has 0 bridgehead atoms.